The first-order chi connectivity index (χ1) is 12.0. The molecule has 7 nitrogen and oxygen atoms in total. The first-order valence-corrected chi connectivity index (χ1v) is 7.80. The summed E-state index contributed by atoms with van der Waals surface area (Å²) in [7, 11) is 0. The molecule has 0 unspecified atom stereocenters. The van der Waals surface area contributed by atoms with E-state index in [0.29, 0.717) is 33.7 Å². The summed E-state index contributed by atoms with van der Waals surface area (Å²) in [5.74, 6) is 1.09. The van der Waals surface area contributed by atoms with Crippen molar-refractivity contribution in [2.45, 2.75) is 13.8 Å². The van der Waals surface area contributed by atoms with Gasteiger partial charge in [-0.1, -0.05) is 21.9 Å². The van der Waals surface area contributed by atoms with Gasteiger partial charge in [-0.15, -0.1) is 0 Å². The highest BCUT2D eigenvalue weighted by molar-refractivity contribution is 6.30. The van der Waals surface area contributed by atoms with Gasteiger partial charge in [-0.2, -0.15) is 0 Å². The third-order valence-corrected chi connectivity index (χ3v) is 3.48. The van der Waals surface area contributed by atoms with Gasteiger partial charge in [0.25, 0.3) is 5.91 Å². The lowest BCUT2D eigenvalue weighted by Gasteiger charge is -2.07. The van der Waals surface area contributed by atoms with Gasteiger partial charge in [-0.05, 0) is 38.1 Å². The molecule has 0 aliphatic rings. The van der Waals surface area contributed by atoms with Crippen molar-refractivity contribution in [2.24, 2.45) is 0 Å². The zero-order chi connectivity index (χ0) is 17.8. The van der Waals surface area contributed by atoms with E-state index >= 15 is 0 Å². The van der Waals surface area contributed by atoms with E-state index in [9.17, 15) is 4.79 Å². The minimum Gasteiger partial charge on any atom is -0.360 e. The standard InChI is InChI=1S/C17H15ClN4O3/c1-10-7-15(25-21-10)14(9-19-16-8-11(2)24-22-16)17(23)20-13-5-3-12(18)4-6-13/h3-9H,1-2H3,(H,19,22)(H,20,23)/b14-9+. The molecular weight excluding hydrogens is 344 g/mol. The molecule has 2 heterocycles. The van der Waals surface area contributed by atoms with E-state index in [1.165, 1.54) is 6.20 Å². The summed E-state index contributed by atoms with van der Waals surface area (Å²) in [4.78, 5) is 12.6. The lowest BCUT2D eigenvalue weighted by Crippen LogP contribution is -2.14. The molecule has 0 fully saturated rings. The zero-order valence-corrected chi connectivity index (χ0v) is 14.3. The summed E-state index contributed by atoms with van der Waals surface area (Å²) >= 11 is 5.86. The molecule has 0 atom stereocenters. The average Bonchev–Trinajstić information content (AvgIpc) is 3.18. The first kappa shape index (κ1) is 16.8. The summed E-state index contributed by atoms with van der Waals surface area (Å²) in [6, 6.07) is 10.2. The van der Waals surface area contributed by atoms with Crippen molar-refractivity contribution < 1.29 is 13.8 Å². The molecule has 0 bridgehead atoms. The van der Waals surface area contributed by atoms with E-state index in [1.807, 2.05) is 0 Å². The number of aryl methyl sites for hydroxylation is 2. The fourth-order valence-electron chi connectivity index (χ4n) is 2.05. The Morgan fingerprint density at radius 3 is 2.48 bits per heavy atom. The molecule has 0 spiro atoms. The fourth-order valence-corrected chi connectivity index (χ4v) is 2.18. The van der Waals surface area contributed by atoms with Gasteiger partial charge in [-0.3, -0.25) is 4.79 Å². The van der Waals surface area contributed by atoms with Gasteiger partial charge in [0, 0.05) is 29.0 Å². The lowest BCUT2D eigenvalue weighted by atomic mass is 10.2. The van der Waals surface area contributed by atoms with E-state index < -0.39 is 0 Å². The van der Waals surface area contributed by atoms with Crippen molar-refractivity contribution in [3.05, 3.63) is 64.8 Å². The Kier molecular flexibility index (Phi) is 4.85. The van der Waals surface area contributed by atoms with Crippen LogP contribution in [-0.4, -0.2) is 16.2 Å². The second-order valence-corrected chi connectivity index (χ2v) is 5.76. The quantitative estimate of drug-likeness (QED) is 0.669. The van der Waals surface area contributed by atoms with Gasteiger partial charge in [0.05, 0.1) is 5.69 Å². The SMILES string of the molecule is Cc1cc(/C(=C\Nc2cc(C)on2)C(=O)Nc2ccc(Cl)cc2)on1. The van der Waals surface area contributed by atoms with Crippen LogP contribution in [0, 0.1) is 13.8 Å². The number of benzene rings is 1. The van der Waals surface area contributed by atoms with Gasteiger partial charge < -0.3 is 19.7 Å². The molecule has 0 aliphatic heterocycles. The van der Waals surface area contributed by atoms with Crippen LogP contribution < -0.4 is 10.6 Å². The van der Waals surface area contributed by atoms with E-state index in [1.54, 1.807) is 50.2 Å². The molecular formula is C17H15ClN4O3. The number of nitrogens with one attached hydrogen (secondary N) is 2. The first-order valence-electron chi connectivity index (χ1n) is 7.42. The van der Waals surface area contributed by atoms with Gasteiger partial charge in [0.2, 0.25) is 0 Å². The van der Waals surface area contributed by atoms with Crippen molar-refractivity contribution >= 4 is 34.6 Å². The molecule has 3 aromatic rings. The predicted molar refractivity (Wildman–Crippen MR) is 94.2 cm³/mol. The minimum absolute atomic E-state index is 0.260. The van der Waals surface area contributed by atoms with Crippen molar-refractivity contribution in [3.63, 3.8) is 0 Å². The third-order valence-electron chi connectivity index (χ3n) is 3.23. The lowest BCUT2D eigenvalue weighted by molar-refractivity contribution is -0.111. The highest BCUT2D eigenvalue weighted by Crippen LogP contribution is 2.20. The highest BCUT2D eigenvalue weighted by Gasteiger charge is 2.17. The van der Waals surface area contributed by atoms with Crippen LogP contribution in [0.2, 0.25) is 5.02 Å². The topological polar surface area (TPSA) is 93.2 Å². The molecule has 0 radical (unpaired) electrons. The van der Waals surface area contributed by atoms with Crippen molar-refractivity contribution in [2.75, 3.05) is 10.6 Å². The molecule has 0 saturated carbocycles. The Hall–Kier alpha value is -3.06. The normalized spacial score (nSPS) is 11.4. The van der Waals surface area contributed by atoms with E-state index in [2.05, 4.69) is 20.9 Å². The summed E-state index contributed by atoms with van der Waals surface area (Å²) in [5, 5.41) is 13.9. The van der Waals surface area contributed by atoms with Crippen LogP contribution in [0.15, 0.2) is 51.6 Å². The molecule has 25 heavy (non-hydrogen) atoms. The van der Waals surface area contributed by atoms with Crippen LogP contribution in [0.25, 0.3) is 5.57 Å². The maximum absolute atomic E-state index is 12.6. The molecule has 1 amide bonds. The van der Waals surface area contributed by atoms with Crippen molar-refractivity contribution in [1.82, 2.24) is 10.3 Å². The minimum atomic E-state index is -0.369. The monoisotopic (exact) mass is 358 g/mol. The summed E-state index contributed by atoms with van der Waals surface area (Å²) in [5.41, 5.74) is 1.53. The average molecular weight is 359 g/mol. The number of amides is 1. The number of halogens is 1. The maximum Gasteiger partial charge on any atom is 0.261 e. The molecule has 2 aromatic heterocycles. The number of carbonyl (C=O) groups is 1. The number of hydrogen-bond donors (Lipinski definition) is 2. The number of aromatic nitrogens is 2. The second kappa shape index (κ2) is 7.23. The van der Waals surface area contributed by atoms with Crippen LogP contribution in [0.3, 0.4) is 0 Å². The highest BCUT2D eigenvalue weighted by atomic mass is 35.5. The predicted octanol–water partition coefficient (Wildman–Crippen LogP) is 4.02. The van der Waals surface area contributed by atoms with Crippen LogP contribution in [0.4, 0.5) is 11.5 Å². The van der Waals surface area contributed by atoms with Crippen LogP contribution in [0.1, 0.15) is 17.2 Å². The van der Waals surface area contributed by atoms with Gasteiger partial charge in [0.1, 0.15) is 11.3 Å². The van der Waals surface area contributed by atoms with Crippen LogP contribution >= 0.6 is 11.6 Å². The third kappa shape index (κ3) is 4.27. The molecule has 3 rings (SSSR count). The van der Waals surface area contributed by atoms with E-state index in [-0.39, 0.29) is 11.5 Å². The maximum atomic E-state index is 12.6. The number of anilines is 2. The Balaban J connectivity index is 1.84. The number of carbonyl (C=O) groups excluding carboxylic acids is 1. The summed E-state index contributed by atoms with van der Waals surface area (Å²) in [6.45, 7) is 3.55. The molecule has 2 N–H and O–H groups in total. The van der Waals surface area contributed by atoms with E-state index in [0.717, 1.165) is 0 Å². The summed E-state index contributed by atoms with van der Waals surface area (Å²) in [6.07, 6.45) is 1.49. The van der Waals surface area contributed by atoms with E-state index in [4.69, 9.17) is 20.6 Å². The Labute approximate surface area is 148 Å². The number of rotatable bonds is 5. The molecule has 0 aliphatic carbocycles. The van der Waals surface area contributed by atoms with Crippen molar-refractivity contribution in [3.8, 4) is 0 Å². The molecule has 1 aromatic carbocycles. The number of hydrogen-bond acceptors (Lipinski definition) is 6. The molecule has 128 valence electrons. The fraction of sp³-hybridized carbons (Fsp3) is 0.118. The van der Waals surface area contributed by atoms with Gasteiger partial charge in [0.15, 0.2) is 11.6 Å². The van der Waals surface area contributed by atoms with Gasteiger partial charge in [-0.25, -0.2) is 0 Å². The van der Waals surface area contributed by atoms with Crippen LogP contribution in [-0.2, 0) is 4.79 Å². The smallest absolute Gasteiger partial charge is 0.261 e. The number of nitrogens with zero attached hydrogens (tertiary/aromatic N) is 2. The zero-order valence-electron chi connectivity index (χ0n) is 13.5. The molecule has 8 heteroatoms. The second-order valence-electron chi connectivity index (χ2n) is 5.32. The Bertz CT molecular complexity index is 912. The summed E-state index contributed by atoms with van der Waals surface area (Å²) < 4.78 is 10.2. The molecule has 0 saturated heterocycles. The largest absolute Gasteiger partial charge is 0.360 e. The van der Waals surface area contributed by atoms with Crippen molar-refractivity contribution in [1.29, 1.82) is 0 Å². The Morgan fingerprint density at radius 2 is 1.88 bits per heavy atom. The Morgan fingerprint density at radius 1 is 1.12 bits per heavy atom. The van der Waals surface area contributed by atoms with Crippen LogP contribution in [0.5, 0.6) is 0 Å². The van der Waals surface area contributed by atoms with Gasteiger partial charge >= 0.3 is 0 Å².